The van der Waals surface area contributed by atoms with Crippen LogP contribution in [0.5, 0.6) is 11.5 Å². The third-order valence-corrected chi connectivity index (χ3v) is 5.27. The normalized spacial score (nSPS) is 12.7. The lowest BCUT2D eigenvalue weighted by Gasteiger charge is -2.29. The van der Waals surface area contributed by atoms with Crippen LogP contribution in [0.1, 0.15) is 17.5 Å². The van der Waals surface area contributed by atoms with Crippen molar-refractivity contribution < 1.29 is 19.1 Å². The van der Waals surface area contributed by atoms with Gasteiger partial charge in [-0.05, 0) is 49.2 Å². The van der Waals surface area contributed by atoms with Crippen molar-refractivity contribution in [2.75, 3.05) is 30.0 Å². The molecule has 0 fully saturated rings. The number of carbonyl (C=O) groups excluding carboxylic acids is 2. The van der Waals surface area contributed by atoms with Gasteiger partial charge in [0.2, 0.25) is 5.91 Å². The molecule has 0 radical (unpaired) electrons. The number of amides is 2. The lowest BCUT2D eigenvalue weighted by atomic mass is 10.1. The van der Waals surface area contributed by atoms with E-state index in [1.165, 1.54) is 5.56 Å². The summed E-state index contributed by atoms with van der Waals surface area (Å²) in [6.45, 7) is 2.76. The summed E-state index contributed by atoms with van der Waals surface area (Å²) in [4.78, 5) is 26.6. The van der Waals surface area contributed by atoms with Crippen LogP contribution in [0.3, 0.4) is 0 Å². The van der Waals surface area contributed by atoms with Gasteiger partial charge in [-0.15, -0.1) is 0 Å². The van der Waals surface area contributed by atoms with Crippen molar-refractivity contribution in [2.45, 2.75) is 19.8 Å². The largest absolute Gasteiger partial charge is 0.492 e. The molecule has 0 aliphatic carbocycles. The number of ether oxygens (including phenoxy) is 2. The number of nitrogens with one attached hydrogen (secondary N) is 1. The highest BCUT2D eigenvalue weighted by Crippen LogP contribution is 2.34. The molecule has 0 unspecified atom stereocenters. The highest BCUT2D eigenvalue weighted by molar-refractivity contribution is 5.99. The predicted molar refractivity (Wildman–Crippen MR) is 124 cm³/mol. The molecule has 0 saturated carbocycles. The summed E-state index contributed by atoms with van der Waals surface area (Å²) in [5.41, 5.74) is 3.58. The number of nitrogens with zero attached hydrogens (tertiary/aromatic N) is 1. The Hall–Kier alpha value is -3.80. The highest BCUT2D eigenvalue weighted by Gasteiger charge is 2.26. The molecule has 0 bridgehead atoms. The second-order valence-electron chi connectivity index (χ2n) is 7.71. The van der Waals surface area contributed by atoms with Crippen molar-refractivity contribution in [2.24, 2.45) is 0 Å². The zero-order valence-corrected chi connectivity index (χ0v) is 18.0. The van der Waals surface area contributed by atoms with E-state index in [1.807, 2.05) is 61.5 Å². The van der Waals surface area contributed by atoms with Crippen LogP contribution < -0.4 is 19.7 Å². The molecule has 1 aliphatic heterocycles. The van der Waals surface area contributed by atoms with Gasteiger partial charge in [-0.25, -0.2) is 0 Å². The minimum absolute atomic E-state index is 0.0133. The van der Waals surface area contributed by atoms with Crippen molar-refractivity contribution in [3.63, 3.8) is 0 Å². The summed E-state index contributed by atoms with van der Waals surface area (Å²) >= 11 is 0. The van der Waals surface area contributed by atoms with Crippen molar-refractivity contribution in [3.8, 4) is 11.5 Å². The first kappa shape index (κ1) is 21.4. The van der Waals surface area contributed by atoms with Crippen LogP contribution in [0.25, 0.3) is 0 Å². The lowest BCUT2D eigenvalue weighted by Crippen LogP contribution is -2.41. The molecule has 1 N–H and O–H groups in total. The van der Waals surface area contributed by atoms with Crippen LogP contribution in [-0.4, -0.2) is 31.6 Å². The van der Waals surface area contributed by atoms with E-state index in [0.29, 0.717) is 43.1 Å². The third-order valence-electron chi connectivity index (χ3n) is 5.27. The van der Waals surface area contributed by atoms with Gasteiger partial charge in [0, 0.05) is 12.1 Å². The van der Waals surface area contributed by atoms with Gasteiger partial charge in [0.05, 0.1) is 12.2 Å². The Kier molecular flexibility index (Phi) is 6.70. The molecule has 1 aliphatic rings. The standard InChI is InChI=1S/C26H26N2O4/c1-19-7-9-20(10-8-19)11-14-25(29)27-21-12-13-24-23(17-21)28(26(30)18-32-24)15-16-31-22-5-3-2-4-6-22/h2-10,12-13,17H,11,14-16,18H2,1H3,(H,27,29). The van der Waals surface area contributed by atoms with Crippen LogP contribution in [-0.2, 0) is 16.0 Å². The van der Waals surface area contributed by atoms with E-state index < -0.39 is 0 Å². The predicted octanol–water partition coefficient (Wildman–Crippen LogP) is 4.37. The first-order chi connectivity index (χ1) is 15.6. The fourth-order valence-electron chi connectivity index (χ4n) is 3.53. The Morgan fingerprint density at radius 2 is 1.84 bits per heavy atom. The number of hydrogen-bond acceptors (Lipinski definition) is 4. The Morgan fingerprint density at radius 1 is 1.06 bits per heavy atom. The van der Waals surface area contributed by atoms with Crippen molar-refractivity contribution >= 4 is 23.2 Å². The molecule has 3 aromatic carbocycles. The molecular formula is C26H26N2O4. The van der Waals surface area contributed by atoms with Crippen LogP contribution >= 0.6 is 0 Å². The van der Waals surface area contributed by atoms with Crippen molar-refractivity contribution in [1.29, 1.82) is 0 Å². The zero-order valence-electron chi connectivity index (χ0n) is 18.0. The highest BCUT2D eigenvalue weighted by atomic mass is 16.5. The number of aryl methyl sites for hydroxylation is 2. The number of anilines is 2. The van der Waals surface area contributed by atoms with Crippen LogP contribution in [0.4, 0.5) is 11.4 Å². The van der Waals surface area contributed by atoms with Gasteiger partial charge in [-0.1, -0.05) is 48.0 Å². The van der Waals surface area contributed by atoms with Crippen LogP contribution in [0, 0.1) is 6.92 Å². The maximum absolute atomic E-state index is 12.5. The van der Waals surface area contributed by atoms with Gasteiger partial charge in [0.15, 0.2) is 6.61 Å². The summed E-state index contributed by atoms with van der Waals surface area (Å²) < 4.78 is 11.3. The fraction of sp³-hybridized carbons (Fsp3) is 0.231. The molecule has 0 atom stereocenters. The summed E-state index contributed by atoms with van der Waals surface area (Å²) in [5, 5.41) is 2.93. The molecule has 0 aromatic heterocycles. The number of rotatable bonds is 8. The topological polar surface area (TPSA) is 67.9 Å². The summed E-state index contributed by atoms with van der Waals surface area (Å²) in [5.74, 6) is 1.15. The lowest BCUT2D eigenvalue weighted by molar-refractivity contribution is -0.121. The zero-order chi connectivity index (χ0) is 22.3. The minimum atomic E-state index is -0.142. The second-order valence-corrected chi connectivity index (χ2v) is 7.71. The van der Waals surface area contributed by atoms with Crippen LogP contribution in [0.2, 0.25) is 0 Å². The summed E-state index contributed by atoms with van der Waals surface area (Å²) in [6.07, 6.45) is 1.05. The Morgan fingerprint density at radius 3 is 2.62 bits per heavy atom. The molecule has 6 nitrogen and oxygen atoms in total. The fourth-order valence-corrected chi connectivity index (χ4v) is 3.53. The molecule has 0 saturated heterocycles. The Bertz CT molecular complexity index is 1080. The maximum atomic E-state index is 12.5. The van der Waals surface area contributed by atoms with Gasteiger partial charge in [-0.3, -0.25) is 9.59 Å². The molecular weight excluding hydrogens is 404 g/mol. The van der Waals surface area contributed by atoms with Gasteiger partial charge >= 0.3 is 0 Å². The molecule has 0 spiro atoms. The van der Waals surface area contributed by atoms with Crippen molar-refractivity contribution in [1.82, 2.24) is 0 Å². The SMILES string of the molecule is Cc1ccc(CCC(=O)Nc2ccc3c(c2)N(CCOc2ccccc2)C(=O)CO3)cc1. The molecule has 4 rings (SSSR count). The van der Waals surface area contributed by atoms with Crippen molar-refractivity contribution in [3.05, 3.63) is 83.9 Å². The van der Waals surface area contributed by atoms with E-state index in [0.717, 1.165) is 11.3 Å². The van der Waals surface area contributed by atoms with E-state index in [-0.39, 0.29) is 18.4 Å². The smallest absolute Gasteiger partial charge is 0.265 e. The quantitative estimate of drug-likeness (QED) is 0.576. The number of para-hydroxylation sites is 1. The molecule has 2 amide bonds. The maximum Gasteiger partial charge on any atom is 0.265 e. The first-order valence-corrected chi connectivity index (χ1v) is 10.7. The van der Waals surface area contributed by atoms with Gasteiger partial charge in [-0.2, -0.15) is 0 Å². The molecule has 164 valence electrons. The van der Waals surface area contributed by atoms with E-state index in [4.69, 9.17) is 9.47 Å². The van der Waals surface area contributed by atoms with Crippen LogP contribution in [0.15, 0.2) is 72.8 Å². The summed E-state index contributed by atoms with van der Waals surface area (Å²) in [7, 11) is 0. The number of hydrogen-bond donors (Lipinski definition) is 1. The Labute approximate surface area is 187 Å². The van der Waals surface area contributed by atoms with E-state index in [2.05, 4.69) is 5.32 Å². The van der Waals surface area contributed by atoms with Gasteiger partial charge in [0.25, 0.3) is 5.91 Å². The minimum Gasteiger partial charge on any atom is -0.492 e. The molecule has 6 heteroatoms. The Balaban J connectivity index is 1.38. The average Bonchev–Trinajstić information content (AvgIpc) is 2.81. The average molecular weight is 431 g/mol. The first-order valence-electron chi connectivity index (χ1n) is 10.7. The van der Waals surface area contributed by atoms with Gasteiger partial charge in [0.1, 0.15) is 18.1 Å². The molecule has 32 heavy (non-hydrogen) atoms. The number of carbonyl (C=O) groups is 2. The molecule has 3 aromatic rings. The van der Waals surface area contributed by atoms with E-state index in [9.17, 15) is 9.59 Å². The summed E-state index contributed by atoms with van der Waals surface area (Å²) in [6, 6.07) is 23.0. The van der Waals surface area contributed by atoms with Gasteiger partial charge < -0.3 is 19.7 Å². The number of benzene rings is 3. The van der Waals surface area contributed by atoms with E-state index in [1.54, 1.807) is 23.1 Å². The monoisotopic (exact) mass is 430 g/mol. The second kappa shape index (κ2) is 10.0. The molecule has 1 heterocycles. The van der Waals surface area contributed by atoms with E-state index >= 15 is 0 Å². The number of fused-ring (bicyclic) bond motifs is 1. The third kappa shape index (κ3) is 5.46.